The molecular formula is C20H25IN6O. The molecule has 148 valence electrons. The van der Waals surface area contributed by atoms with Crippen molar-refractivity contribution < 1.29 is 4.74 Å². The van der Waals surface area contributed by atoms with Crippen LogP contribution in [0.3, 0.4) is 0 Å². The average Bonchev–Trinajstić information content (AvgIpc) is 3.18. The highest BCUT2D eigenvalue weighted by Crippen LogP contribution is 2.16. The molecule has 1 aromatic carbocycles. The lowest BCUT2D eigenvalue weighted by atomic mass is 10.2. The molecule has 3 aromatic rings. The van der Waals surface area contributed by atoms with Crippen LogP contribution >= 0.6 is 24.0 Å². The van der Waals surface area contributed by atoms with Crippen LogP contribution < -0.4 is 10.1 Å². The van der Waals surface area contributed by atoms with Gasteiger partial charge in [0.05, 0.1) is 37.8 Å². The first kappa shape index (κ1) is 21.7. The molecule has 2 heterocycles. The van der Waals surface area contributed by atoms with Crippen LogP contribution in [0.4, 0.5) is 0 Å². The molecule has 0 unspecified atom stereocenters. The third-order valence-electron chi connectivity index (χ3n) is 4.09. The van der Waals surface area contributed by atoms with Gasteiger partial charge >= 0.3 is 0 Å². The van der Waals surface area contributed by atoms with E-state index in [0.29, 0.717) is 19.0 Å². The van der Waals surface area contributed by atoms with E-state index in [9.17, 15) is 0 Å². The van der Waals surface area contributed by atoms with E-state index < -0.39 is 0 Å². The molecule has 0 atom stereocenters. The van der Waals surface area contributed by atoms with Crippen LogP contribution in [0.25, 0.3) is 11.3 Å². The van der Waals surface area contributed by atoms with Gasteiger partial charge in [-0.15, -0.1) is 24.0 Å². The number of aliphatic imine (C=N–C) groups is 1. The molecule has 0 aliphatic carbocycles. The van der Waals surface area contributed by atoms with Gasteiger partial charge in [-0.05, 0) is 11.6 Å². The maximum atomic E-state index is 5.16. The summed E-state index contributed by atoms with van der Waals surface area (Å²) in [5, 5.41) is 3.31. The molecule has 0 radical (unpaired) electrons. The largest absolute Gasteiger partial charge is 0.481 e. The van der Waals surface area contributed by atoms with Crippen molar-refractivity contribution in [1.29, 1.82) is 0 Å². The summed E-state index contributed by atoms with van der Waals surface area (Å²) in [6, 6.07) is 15.8. The van der Waals surface area contributed by atoms with E-state index in [4.69, 9.17) is 4.74 Å². The number of rotatable bonds is 6. The number of benzene rings is 1. The van der Waals surface area contributed by atoms with Crippen molar-refractivity contribution >= 4 is 29.9 Å². The number of pyridine rings is 1. The van der Waals surface area contributed by atoms with Crippen molar-refractivity contribution in [1.82, 2.24) is 25.2 Å². The summed E-state index contributed by atoms with van der Waals surface area (Å²) in [5.41, 5.74) is 3.00. The van der Waals surface area contributed by atoms with Gasteiger partial charge in [-0.1, -0.05) is 36.4 Å². The lowest BCUT2D eigenvalue weighted by molar-refractivity contribution is 0.396. The zero-order valence-electron chi connectivity index (χ0n) is 16.2. The number of hydrogen-bond donors (Lipinski definition) is 2. The zero-order chi connectivity index (χ0) is 19.1. The van der Waals surface area contributed by atoms with Crippen LogP contribution in [0.2, 0.25) is 0 Å². The van der Waals surface area contributed by atoms with Crippen LogP contribution in [0.5, 0.6) is 5.88 Å². The van der Waals surface area contributed by atoms with Gasteiger partial charge in [-0.3, -0.25) is 4.99 Å². The van der Waals surface area contributed by atoms with Crippen molar-refractivity contribution in [3.63, 3.8) is 0 Å². The van der Waals surface area contributed by atoms with Gasteiger partial charge in [-0.2, -0.15) is 0 Å². The Morgan fingerprint density at radius 2 is 1.96 bits per heavy atom. The summed E-state index contributed by atoms with van der Waals surface area (Å²) >= 11 is 0. The van der Waals surface area contributed by atoms with E-state index in [1.54, 1.807) is 14.2 Å². The van der Waals surface area contributed by atoms with E-state index in [1.807, 2.05) is 54.5 Å². The van der Waals surface area contributed by atoms with E-state index in [0.717, 1.165) is 28.7 Å². The molecule has 0 amide bonds. The minimum Gasteiger partial charge on any atom is -0.481 e. The number of guanidine groups is 1. The number of aromatic amines is 1. The van der Waals surface area contributed by atoms with Gasteiger partial charge in [0.15, 0.2) is 5.96 Å². The smallest absolute Gasteiger partial charge is 0.213 e. The summed E-state index contributed by atoms with van der Waals surface area (Å²) in [6.07, 6.45) is 1.86. The third-order valence-corrected chi connectivity index (χ3v) is 4.09. The summed E-state index contributed by atoms with van der Waals surface area (Å²) in [7, 11) is 5.34. The minimum atomic E-state index is 0. The highest BCUT2D eigenvalue weighted by molar-refractivity contribution is 14.0. The van der Waals surface area contributed by atoms with Crippen molar-refractivity contribution in [2.75, 3.05) is 21.2 Å². The first-order valence-electron chi connectivity index (χ1n) is 8.70. The van der Waals surface area contributed by atoms with Crippen LogP contribution in [0, 0.1) is 0 Å². The second kappa shape index (κ2) is 10.6. The molecule has 2 aromatic heterocycles. The normalized spacial score (nSPS) is 10.9. The summed E-state index contributed by atoms with van der Waals surface area (Å²) in [5.74, 6) is 2.23. The van der Waals surface area contributed by atoms with Crippen LogP contribution in [-0.2, 0) is 13.1 Å². The van der Waals surface area contributed by atoms with Gasteiger partial charge < -0.3 is 19.9 Å². The maximum absolute atomic E-state index is 5.16. The van der Waals surface area contributed by atoms with E-state index in [1.165, 1.54) is 0 Å². The quantitative estimate of drug-likeness (QED) is 0.314. The molecule has 0 spiro atoms. The first-order chi connectivity index (χ1) is 13.2. The number of imidazole rings is 1. The second-order valence-electron chi connectivity index (χ2n) is 6.04. The molecule has 0 saturated carbocycles. The average molecular weight is 492 g/mol. The highest BCUT2D eigenvalue weighted by Gasteiger charge is 2.10. The number of methoxy groups -OCH3 is 1. The SMILES string of the molecule is CN=C(NCc1cccc(OC)n1)N(C)Cc1ncc(-c2ccccc2)[nH]1.I. The zero-order valence-corrected chi connectivity index (χ0v) is 18.5. The number of ether oxygens (including phenoxy) is 1. The Morgan fingerprint density at radius 1 is 1.18 bits per heavy atom. The minimum absolute atomic E-state index is 0. The number of halogens is 1. The number of aromatic nitrogens is 3. The molecule has 0 fully saturated rings. The molecule has 8 heteroatoms. The van der Waals surface area contributed by atoms with Crippen molar-refractivity contribution in [3.05, 3.63) is 66.2 Å². The Balaban J connectivity index is 0.00000280. The Labute approximate surface area is 182 Å². The molecule has 0 aliphatic rings. The standard InChI is InChI=1S/C20H24N6O.HI/c1-21-20(23-12-16-10-7-11-19(24-16)27-3)26(2)14-18-22-13-17(25-18)15-8-5-4-6-9-15;/h4-11,13H,12,14H2,1-3H3,(H,21,23)(H,22,25);1H. The van der Waals surface area contributed by atoms with Crippen LogP contribution in [0.1, 0.15) is 11.5 Å². The number of H-pyrrole nitrogens is 1. The Morgan fingerprint density at radius 3 is 2.68 bits per heavy atom. The Hall–Kier alpha value is -2.62. The van der Waals surface area contributed by atoms with E-state index in [-0.39, 0.29) is 24.0 Å². The molecule has 0 saturated heterocycles. The summed E-state index contributed by atoms with van der Waals surface area (Å²) in [4.78, 5) is 18.6. The molecule has 3 rings (SSSR count). The van der Waals surface area contributed by atoms with Gasteiger partial charge in [0.2, 0.25) is 5.88 Å². The first-order valence-corrected chi connectivity index (χ1v) is 8.70. The fourth-order valence-corrected chi connectivity index (χ4v) is 2.73. The number of nitrogens with zero attached hydrogens (tertiary/aromatic N) is 4. The molecular weight excluding hydrogens is 467 g/mol. The second-order valence-corrected chi connectivity index (χ2v) is 6.04. The Kier molecular flexibility index (Phi) is 8.24. The molecule has 2 N–H and O–H groups in total. The fourth-order valence-electron chi connectivity index (χ4n) is 2.73. The predicted molar refractivity (Wildman–Crippen MR) is 122 cm³/mol. The van der Waals surface area contributed by atoms with E-state index in [2.05, 4.69) is 37.4 Å². The predicted octanol–water partition coefficient (Wildman–Crippen LogP) is 3.31. The van der Waals surface area contributed by atoms with E-state index >= 15 is 0 Å². The maximum Gasteiger partial charge on any atom is 0.213 e. The fraction of sp³-hybridized carbons (Fsp3) is 0.250. The monoisotopic (exact) mass is 492 g/mol. The molecule has 0 bridgehead atoms. The van der Waals surface area contributed by atoms with Gasteiger partial charge in [0, 0.05) is 20.2 Å². The summed E-state index contributed by atoms with van der Waals surface area (Å²) < 4.78 is 5.16. The molecule has 28 heavy (non-hydrogen) atoms. The van der Waals surface area contributed by atoms with Crippen LogP contribution in [-0.4, -0.2) is 47.0 Å². The number of nitrogens with one attached hydrogen (secondary N) is 2. The number of hydrogen-bond acceptors (Lipinski definition) is 4. The lowest BCUT2D eigenvalue weighted by Gasteiger charge is -2.21. The van der Waals surface area contributed by atoms with Crippen LogP contribution in [0.15, 0.2) is 59.7 Å². The third kappa shape index (κ3) is 5.69. The van der Waals surface area contributed by atoms with Gasteiger partial charge in [0.25, 0.3) is 0 Å². The molecule has 7 nitrogen and oxygen atoms in total. The van der Waals surface area contributed by atoms with Crippen molar-refractivity contribution in [2.24, 2.45) is 4.99 Å². The van der Waals surface area contributed by atoms with Crippen molar-refractivity contribution in [2.45, 2.75) is 13.1 Å². The lowest BCUT2D eigenvalue weighted by Crippen LogP contribution is -2.38. The summed E-state index contributed by atoms with van der Waals surface area (Å²) in [6.45, 7) is 1.17. The van der Waals surface area contributed by atoms with Gasteiger partial charge in [-0.25, -0.2) is 9.97 Å². The topological polar surface area (TPSA) is 78.4 Å². The molecule has 0 aliphatic heterocycles. The van der Waals surface area contributed by atoms with Gasteiger partial charge in [0.1, 0.15) is 5.82 Å². The highest BCUT2D eigenvalue weighted by atomic mass is 127. The Bertz CT molecular complexity index is 896. The van der Waals surface area contributed by atoms with Crippen molar-refractivity contribution in [3.8, 4) is 17.1 Å².